The molecule has 3 aliphatic heterocycles. The number of hydroxylamine groups is 2. The van der Waals surface area contributed by atoms with Gasteiger partial charge in [-0.15, -0.1) is 0 Å². The van der Waals surface area contributed by atoms with E-state index in [0.717, 1.165) is 32.1 Å². The van der Waals surface area contributed by atoms with E-state index in [-0.39, 0.29) is 5.91 Å². The van der Waals surface area contributed by atoms with E-state index in [1.807, 2.05) is 0 Å². The highest BCUT2D eigenvalue weighted by Gasteiger charge is 2.43. The number of ether oxygens (including phenoxy) is 1. The number of hydrogen-bond donors (Lipinski definition) is 1. The minimum absolute atomic E-state index is 0.155. The first-order chi connectivity index (χ1) is 13.2. The summed E-state index contributed by atoms with van der Waals surface area (Å²) in [5, 5.41) is 8.69. The number of carbonyl (C=O) groups is 2. The molecule has 0 radical (unpaired) electrons. The summed E-state index contributed by atoms with van der Waals surface area (Å²) in [7, 11) is 0. The molecule has 1 N–H and O–H groups in total. The topological polar surface area (TPSA) is 79.3 Å². The second kappa shape index (κ2) is 8.96. The summed E-state index contributed by atoms with van der Waals surface area (Å²) in [5.41, 5.74) is 0. The minimum Gasteiger partial charge on any atom is -0.475 e. The van der Waals surface area contributed by atoms with Crippen molar-refractivity contribution in [2.45, 2.75) is 31.9 Å². The number of halogens is 3. The van der Waals surface area contributed by atoms with E-state index < -0.39 is 12.1 Å². The molecule has 0 bridgehead atoms. The molecule has 1 saturated carbocycles. The number of fused-ring (bicyclic) bond motifs is 1. The van der Waals surface area contributed by atoms with Gasteiger partial charge in [-0.05, 0) is 42.9 Å². The minimum atomic E-state index is -5.08. The van der Waals surface area contributed by atoms with Gasteiger partial charge in [0.05, 0.1) is 26.4 Å². The lowest BCUT2D eigenvalue weighted by Crippen LogP contribution is -2.38. The highest BCUT2D eigenvalue weighted by atomic mass is 19.4. The largest absolute Gasteiger partial charge is 0.490 e. The van der Waals surface area contributed by atoms with Gasteiger partial charge in [-0.3, -0.25) is 9.63 Å². The Labute approximate surface area is 161 Å². The van der Waals surface area contributed by atoms with Gasteiger partial charge >= 0.3 is 12.1 Å². The van der Waals surface area contributed by atoms with Gasteiger partial charge < -0.3 is 14.7 Å². The zero-order valence-electron chi connectivity index (χ0n) is 15.7. The van der Waals surface area contributed by atoms with Gasteiger partial charge in [0, 0.05) is 26.1 Å². The molecule has 0 aromatic heterocycles. The van der Waals surface area contributed by atoms with Gasteiger partial charge in [-0.1, -0.05) is 0 Å². The summed E-state index contributed by atoms with van der Waals surface area (Å²) in [6.45, 7) is 6.69. The van der Waals surface area contributed by atoms with Gasteiger partial charge in [0.25, 0.3) is 0 Å². The van der Waals surface area contributed by atoms with Crippen LogP contribution in [0.3, 0.4) is 0 Å². The Bertz CT molecular complexity index is 564. The third-order valence-electron chi connectivity index (χ3n) is 5.76. The average molecular weight is 408 g/mol. The van der Waals surface area contributed by atoms with E-state index in [1.54, 1.807) is 5.06 Å². The lowest BCUT2D eigenvalue weighted by atomic mass is 9.81. The van der Waals surface area contributed by atoms with Gasteiger partial charge in [-0.2, -0.15) is 13.2 Å². The molecule has 3 heterocycles. The number of aliphatic carboxylic acids is 1. The summed E-state index contributed by atoms with van der Waals surface area (Å²) in [5.74, 6) is 0.00236. The maximum absolute atomic E-state index is 12.3. The monoisotopic (exact) mass is 408 g/mol. The maximum Gasteiger partial charge on any atom is 0.490 e. The van der Waals surface area contributed by atoms with E-state index in [0.29, 0.717) is 30.8 Å². The zero-order valence-corrected chi connectivity index (χ0v) is 15.7. The fourth-order valence-corrected chi connectivity index (χ4v) is 4.19. The average Bonchev–Trinajstić information content (AvgIpc) is 3.10. The first-order valence-corrected chi connectivity index (χ1v) is 9.77. The van der Waals surface area contributed by atoms with E-state index in [1.165, 1.54) is 32.5 Å². The molecular weight excluding hydrogens is 381 g/mol. The summed E-state index contributed by atoms with van der Waals surface area (Å²) in [6, 6.07) is 0. The third-order valence-corrected chi connectivity index (χ3v) is 5.76. The fraction of sp³-hybridized carbons (Fsp3) is 0.889. The number of alkyl halides is 3. The van der Waals surface area contributed by atoms with Crippen LogP contribution in [-0.2, 0) is 19.2 Å². The first-order valence-electron chi connectivity index (χ1n) is 9.77. The van der Waals surface area contributed by atoms with Crippen molar-refractivity contribution in [2.24, 2.45) is 23.7 Å². The Morgan fingerprint density at radius 2 is 1.86 bits per heavy atom. The molecule has 4 fully saturated rings. The van der Waals surface area contributed by atoms with Crippen LogP contribution >= 0.6 is 0 Å². The second-order valence-electron chi connectivity index (χ2n) is 8.07. The van der Waals surface area contributed by atoms with E-state index in [4.69, 9.17) is 19.5 Å². The molecular formula is C18H27F3N2O5. The highest BCUT2D eigenvalue weighted by molar-refractivity contribution is 5.75. The standard InChI is InChI=1S/C16H26N2O3.C2HF3O2/c19-16(18-4-1-5-21-18)6-13-10-20-11-14-8-17(9-15(13)14)7-12-2-3-12;3-2(4,5)1(6)7/h12-15H,1-11H2;(H,6,7)/t13-,14-,15+;/m1./s1. The molecule has 4 aliphatic rings. The first kappa shape index (κ1) is 21.3. The van der Waals surface area contributed by atoms with Crippen LogP contribution in [0.2, 0.25) is 0 Å². The molecule has 0 aromatic carbocycles. The molecule has 28 heavy (non-hydrogen) atoms. The van der Waals surface area contributed by atoms with Crippen molar-refractivity contribution in [3.63, 3.8) is 0 Å². The molecule has 3 atom stereocenters. The highest BCUT2D eigenvalue weighted by Crippen LogP contribution is 2.38. The predicted molar refractivity (Wildman–Crippen MR) is 91.0 cm³/mol. The zero-order chi connectivity index (χ0) is 20.3. The molecule has 4 rings (SSSR count). The summed E-state index contributed by atoms with van der Waals surface area (Å²) in [4.78, 5) is 29.2. The van der Waals surface area contributed by atoms with Crippen molar-refractivity contribution in [1.82, 2.24) is 9.96 Å². The lowest BCUT2D eigenvalue weighted by molar-refractivity contribution is -0.192. The Balaban J connectivity index is 0.000000279. The smallest absolute Gasteiger partial charge is 0.475 e. The number of likely N-dealkylation sites (tertiary alicyclic amines) is 1. The normalized spacial score (nSPS) is 30.5. The Hall–Kier alpha value is -1.39. The van der Waals surface area contributed by atoms with Crippen LogP contribution in [0, 0.1) is 23.7 Å². The SMILES string of the molecule is O=C(C[C@@H]1COC[C@H]2CN(CC3CC3)C[C@@H]12)N1CCCO1.O=C(O)C(F)(F)F. The van der Waals surface area contributed by atoms with Gasteiger partial charge in [-0.25, -0.2) is 9.86 Å². The summed E-state index contributed by atoms with van der Waals surface area (Å²) in [6.07, 6.45) is -0.695. The van der Waals surface area contributed by atoms with E-state index in [2.05, 4.69) is 4.90 Å². The van der Waals surface area contributed by atoms with Gasteiger partial charge in [0.2, 0.25) is 5.91 Å². The van der Waals surface area contributed by atoms with Crippen molar-refractivity contribution in [3.05, 3.63) is 0 Å². The molecule has 160 valence electrons. The Morgan fingerprint density at radius 1 is 1.14 bits per heavy atom. The molecule has 0 unspecified atom stereocenters. The van der Waals surface area contributed by atoms with Crippen LogP contribution in [-0.4, -0.2) is 79.1 Å². The van der Waals surface area contributed by atoms with Crippen LogP contribution < -0.4 is 0 Å². The van der Waals surface area contributed by atoms with Gasteiger partial charge in [0.15, 0.2) is 0 Å². The van der Waals surface area contributed by atoms with Crippen molar-refractivity contribution >= 4 is 11.9 Å². The van der Waals surface area contributed by atoms with Crippen molar-refractivity contribution < 1.29 is 37.4 Å². The molecule has 1 amide bonds. The van der Waals surface area contributed by atoms with Crippen LogP contribution in [0.4, 0.5) is 13.2 Å². The number of rotatable bonds is 4. The molecule has 7 nitrogen and oxygen atoms in total. The van der Waals surface area contributed by atoms with Crippen LogP contribution in [0.1, 0.15) is 25.7 Å². The summed E-state index contributed by atoms with van der Waals surface area (Å²) >= 11 is 0. The maximum atomic E-state index is 12.3. The van der Waals surface area contributed by atoms with Crippen molar-refractivity contribution in [3.8, 4) is 0 Å². The summed E-state index contributed by atoms with van der Waals surface area (Å²) < 4.78 is 37.5. The van der Waals surface area contributed by atoms with Crippen molar-refractivity contribution in [1.29, 1.82) is 0 Å². The predicted octanol–water partition coefficient (Wildman–Crippen LogP) is 1.78. The fourth-order valence-electron chi connectivity index (χ4n) is 4.19. The lowest BCUT2D eigenvalue weighted by Gasteiger charge is -2.33. The quantitative estimate of drug-likeness (QED) is 0.764. The molecule has 0 spiro atoms. The van der Waals surface area contributed by atoms with Gasteiger partial charge in [0.1, 0.15) is 0 Å². The van der Waals surface area contributed by atoms with E-state index in [9.17, 15) is 18.0 Å². The Morgan fingerprint density at radius 3 is 2.43 bits per heavy atom. The Kier molecular flexibility index (Phi) is 6.82. The number of amides is 1. The second-order valence-corrected chi connectivity index (χ2v) is 8.07. The van der Waals surface area contributed by atoms with Crippen molar-refractivity contribution in [2.75, 3.05) is 46.0 Å². The van der Waals surface area contributed by atoms with Crippen LogP contribution in [0.5, 0.6) is 0 Å². The van der Waals surface area contributed by atoms with Crippen LogP contribution in [0.15, 0.2) is 0 Å². The molecule has 3 saturated heterocycles. The van der Waals surface area contributed by atoms with Crippen LogP contribution in [0.25, 0.3) is 0 Å². The van der Waals surface area contributed by atoms with E-state index >= 15 is 0 Å². The molecule has 1 aliphatic carbocycles. The molecule has 10 heteroatoms. The third kappa shape index (κ3) is 5.81. The molecule has 0 aromatic rings. The number of carbonyl (C=O) groups excluding carboxylic acids is 1. The number of nitrogens with zero attached hydrogens (tertiary/aromatic N) is 2. The number of carboxylic acids is 1. The number of carboxylic acid groups (broad SMARTS) is 1. The number of hydrogen-bond acceptors (Lipinski definition) is 5.